The first-order valence-electron chi connectivity index (χ1n) is 10.2. The average molecular weight is 532 g/mol. The van der Waals surface area contributed by atoms with Crippen LogP contribution in [0.4, 0.5) is 16.4 Å². The standard InChI is InChI=1S/C18H27N7O8PS/c1-18(29)12(26)11(6-32-34(30)35-7-10-14(27)25(3)17(28)24(10)2)33-15(18)22-8-21-9-5-20-16(19)23-13(9)31-4/h5,8,10-12,15,26,29H,6-7H2,1-4H3,(H,21,22)(H2,19,20,23)/q+1. The van der Waals surface area contributed by atoms with Gasteiger partial charge < -0.3 is 35.6 Å². The third kappa shape index (κ3) is 5.79. The van der Waals surface area contributed by atoms with Crippen molar-refractivity contribution in [2.24, 2.45) is 4.99 Å². The molecule has 2 saturated heterocycles. The summed E-state index contributed by atoms with van der Waals surface area (Å²) < 4.78 is 28.2. The number of carbonyl (C=O) groups is 2. The van der Waals surface area contributed by atoms with Crippen molar-refractivity contribution in [1.29, 1.82) is 0 Å². The maximum absolute atomic E-state index is 12.3. The Hall–Kier alpha value is -2.62. The molecule has 6 unspecified atom stereocenters. The number of aromatic nitrogens is 2. The van der Waals surface area contributed by atoms with Gasteiger partial charge in [0.15, 0.2) is 17.6 Å². The predicted molar refractivity (Wildman–Crippen MR) is 126 cm³/mol. The van der Waals surface area contributed by atoms with Crippen LogP contribution in [0.2, 0.25) is 0 Å². The van der Waals surface area contributed by atoms with Gasteiger partial charge in [0.1, 0.15) is 36.1 Å². The van der Waals surface area contributed by atoms with E-state index < -0.39 is 49.2 Å². The number of methoxy groups -OCH3 is 1. The third-order valence-electron chi connectivity index (χ3n) is 5.50. The minimum atomic E-state index is -2.30. The number of nitrogen functional groups attached to an aromatic ring is 1. The van der Waals surface area contributed by atoms with Crippen LogP contribution in [0.25, 0.3) is 0 Å². The second-order valence-corrected chi connectivity index (χ2v) is 10.9. The molecule has 1 aromatic heterocycles. The van der Waals surface area contributed by atoms with Crippen LogP contribution in [0.3, 0.4) is 0 Å². The van der Waals surface area contributed by atoms with E-state index in [1.807, 2.05) is 0 Å². The molecule has 2 aliphatic heterocycles. The van der Waals surface area contributed by atoms with Gasteiger partial charge in [-0.15, -0.1) is 4.52 Å². The normalized spacial score (nSPS) is 29.4. The van der Waals surface area contributed by atoms with E-state index in [4.69, 9.17) is 19.7 Å². The number of aliphatic hydroxyl groups excluding tert-OH is 1. The molecule has 3 amide bonds. The number of rotatable bonds is 10. The molecular formula is C18H27N7O8PS+. The van der Waals surface area contributed by atoms with Crippen molar-refractivity contribution in [1.82, 2.24) is 19.8 Å². The van der Waals surface area contributed by atoms with E-state index in [1.54, 1.807) is 0 Å². The Balaban J connectivity index is 1.51. The third-order valence-corrected chi connectivity index (χ3v) is 7.94. The fourth-order valence-electron chi connectivity index (χ4n) is 3.36. The minimum Gasteiger partial charge on any atom is -0.479 e. The molecular weight excluding hydrogens is 505 g/mol. The van der Waals surface area contributed by atoms with Crippen LogP contribution in [0, 0.1) is 0 Å². The fraction of sp³-hybridized carbons (Fsp3) is 0.611. The highest BCUT2D eigenvalue weighted by molar-refractivity contribution is 8.50. The lowest BCUT2D eigenvalue weighted by molar-refractivity contribution is -0.126. The van der Waals surface area contributed by atoms with Crippen LogP contribution in [0.1, 0.15) is 6.92 Å². The first kappa shape index (κ1) is 27.0. The molecule has 0 aliphatic carbocycles. The predicted octanol–water partition coefficient (Wildman–Crippen LogP) is -0.356. The number of nitrogens with two attached hydrogens (primary N) is 1. The molecule has 3 heterocycles. The van der Waals surface area contributed by atoms with E-state index in [0.717, 1.165) is 16.3 Å². The molecule has 0 aromatic carbocycles. The van der Waals surface area contributed by atoms with E-state index >= 15 is 0 Å². The van der Waals surface area contributed by atoms with Crippen molar-refractivity contribution >= 4 is 48.5 Å². The van der Waals surface area contributed by atoms with E-state index in [-0.39, 0.29) is 24.2 Å². The number of nitrogens with zero attached hydrogens (tertiary/aromatic N) is 5. The Labute approximate surface area is 205 Å². The summed E-state index contributed by atoms with van der Waals surface area (Å²) in [5, 5.41) is 23.9. The molecule has 17 heteroatoms. The summed E-state index contributed by atoms with van der Waals surface area (Å²) in [6.45, 7) is 1.04. The summed E-state index contributed by atoms with van der Waals surface area (Å²) in [4.78, 5) is 38.0. The van der Waals surface area contributed by atoms with Crippen LogP contribution in [0.5, 0.6) is 5.88 Å². The Kier molecular flexibility index (Phi) is 8.46. The number of hydrogen-bond acceptors (Lipinski definition) is 13. The number of amides is 3. The minimum absolute atomic E-state index is 0.0246. The molecule has 192 valence electrons. The van der Waals surface area contributed by atoms with Crippen molar-refractivity contribution in [2.45, 2.75) is 37.0 Å². The number of urea groups is 1. The number of hydrogen-bond donors (Lipinski definition) is 4. The van der Waals surface area contributed by atoms with Gasteiger partial charge in [-0.1, -0.05) is 0 Å². The highest BCUT2D eigenvalue weighted by Gasteiger charge is 2.53. The average Bonchev–Trinajstić information content (AvgIpc) is 3.15. The number of likely N-dealkylation sites (N-methyl/N-ethyl adjacent to an activating group) is 2. The molecule has 2 fully saturated rings. The molecule has 35 heavy (non-hydrogen) atoms. The second kappa shape index (κ2) is 11.0. The number of aliphatic hydroxyl groups is 2. The van der Waals surface area contributed by atoms with Crippen molar-refractivity contribution < 1.29 is 38.4 Å². The Bertz CT molecular complexity index is 1020. The number of imide groups is 1. The molecule has 0 radical (unpaired) electrons. The molecule has 3 rings (SSSR count). The summed E-state index contributed by atoms with van der Waals surface area (Å²) in [6.07, 6.45) is -0.983. The summed E-state index contributed by atoms with van der Waals surface area (Å²) in [5.41, 5.74) is 4.10. The Morgan fingerprint density at radius 1 is 1.46 bits per heavy atom. The lowest BCUT2D eigenvalue weighted by Gasteiger charge is -2.23. The molecule has 6 atom stereocenters. The number of aliphatic imine (C=N–C) groups is 1. The van der Waals surface area contributed by atoms with Gasteiger partial charge in [-0.25, -0.2) is 14.8 Å². The first-order chi connectivity index (χ1) is 16.5. The summed E-state index contributed by atoms with van der Waals surface area (Å²) >= 11 is 0.860. The topological polar surface area (TPSA) is 202 Å². The molecule has 0 saturated carbocycles. The highest BCUT2D eigenvalue weighted by Crippen LogP contribution is 2.42. The zero-order valence-corrected chi connectivity index (χ0v) is 21.1. The van der Waals surface area contributed by atoms with Gasteiger partial charge in [0.2, 0.25) is 11.8 Å². The van der Waals surface area contributed by atoms with Gasteiger partial charge in [0, 0.05) is 14.1 Å². The molecule has 0 spiro atoms. The smallest absolute Gasteiger partial charge is 0.479 e. The van der Waals surface area contributed by atoms with E-state index in [9.17, 15) is 24.4 Å². The molecule has 0 bridgehead atoms. The van der Waals surface area contributed by atoms with Crippen molar-refractivity contribution in [3.8, 4) is 5.88 Å². The van der Waals surface area contributed by atoms with Crippen LogP contribution in [-0.4, -0.2) is 112 Å². The van der Waals surface area contributed by atoms with E-state index in [2.05, 4.69) is 20.3 Å². The zero-order valence-electron chi connectivity index (χ0n) is 19.4. The largest absolute Gasteiger partial charge is 0.585 e. The Morgan fingerprint density at radius 3 is 2.80 bits per heavy atom. The molecule has 15 nitrogen and oxygen atoms in total. The van der Waals surface area contributed by atoms with Gasteiger partial charge in [0.05, 0.1) is 25.4 Å². The maximum atomic E-state index is 12.3. The van der Waals surface area contributed by atoms with E-state index in [1.165, 1.54) is 45.6 Å². The van der Waals surface area contributed by atoms with Gasteiger partial charge in [-0.2, -0.15) is 4.98 Å². The monoisotopic (exact) mass is 532 g/mol. The number of ether oxygens (including phenoxy) is 2. The fourth-order valence-corrected chi connectivity index (χ4v) is 5.53. The zero-order chi connectivity index (χ0) is 25.9. The number of nitrogens with one attached hydrogen (secondary N) is 1. The van der Waals surface area contributed by atoms with Crippen molar-refractivity contribution in [2.75, 3.05) is 44.6 Å². The second-order valence-electron chi connectivity index (χ2n) is 7.89. The summed E-state index contributed by atoms with van der Waals surface area (Å²) in [6, 6.07) is -1.18. The lowest BCUT2D eigenvalue weighted by atomic mass is 9.97. The van der Waals surface area contributed by atoms with Crippen LogP contribution < -0.4 is 15.8 Å². The lowest BCUT2D eigenvalue weighted by Crippen LogP contribution is -2.45. The van der Waals surface area contributed by atoms with Gasteiger partial charge in [0.25, 0.3) is 5.91 Å². The van der Waals surface area contributed by atoms with Gasteiger partial charge in [-0.3, -0.25) is 9.69 Å². The Morgan fingerprint density at radius 2 is 2.17 bits per heavy atom. The molecule has 2 aliphatic rings. The van der Waals surface area contributed by atoms with Crippen molar-refractivity contribution in [3.05, 3.63) is 6.20 Å². The van der Waals surface area contributed by atoms with Gasteiger partial charge in [-0.05, 0) is 11.5 Å². The first-order valence-corrected chi connectivity index (χ1v) is 13.0. The summed E-state index contributed by atoms with van der Waals surface area (Å²) in [7, 11) is 1.97. The van der Waals surface area contributed by atoms with Gasteiger partial charge >= 0.3 is 13.3 Å². The highest BCUT2D eigenvalue weighted by atomic mass is 32.7. The maximum Gasteiger partial charge on any atom is 0.585 e. The SMILES string of the molecule is COc1nc(N)ncc1NC=NC1OC(CO[P+](=O)SCC2C(=O)N(C)C(=O)N2C)C(O)C1(C)O. The summed E-state index contributed by atoms with van der Waals surface area (Å²) in [5.74, 6) is -0.117. The molecule has 1 aromatic rings. The van der Waals surface area contributed by atoms with Crippen molar-refractivity contribution in [3.63, 3.8) is 0 Å². The molecule has 5 N–H and O–H groups in total. The number of anilines is 2. The quantitative estimate of drug-likeness (QED) is 0.132. The number of carbonyl (C=O) groups excluding carboxylic acids is 2. The van der Waals surface area contributed by atoms with Crippen LogP contribution in [-0.2, 0) is 18.6 Å². The van der Waals surface area contributed by atoms with Crippen LogP contribution >= 0.6 is 18.6 Å². The van der Waals surface area contributed by atoms with E-state index in [0.29, 0.717) is 5.69 Å². The van der Waals surface area contributed by atoms with Crippen LogP contribution in [0.15, 0.2) is 11.2 Å².